The van der Waals surface area contributed by atoms with Crippen LogP contribution in [0.15, 0.2) is 12.4 Å². The van der Waals surface area contributed by atoms with Gasteiger partial charge in [0.05, 0.1) is 12.3 Å². The predicted octanol–water partition coefficient (Wildman–Crippen LogP) is 0.974. The molecule has 4 heteroatoms. The van der Waals surface area contributed by atoms with Gasteiger partial charge in [0.2, 0.25) is 0 Å². The summed E-state index contributed by atoms with van der Waals surface area (Å²) in [5.41, 5.74) is 1.14. The summed E-state index contributed by atoms with van der Waals surface area (Å²) in [5, 5.41) is 19.8. The molecule has 1 heterocycles. The Bertz CT molecular complexity index is 273. The molecular formula is C10H17N3O. The number of aromatic amines is 1. The van der Waals surface area contributed by atoms with Crippen molar-refractivity contribution in [1.82, 2.24) is 15.5 Å². The Hall–Kier alpha value is -0.870. The van der Waals surface area contributed by atoms with Crippen LogP contribution in [0.1, 0.15) is 37.8 Å². The third kappa shape index (κ3) is 1.96. The lowest BCUT2D eigenvalue weighted by molar-refractivity contribution is 0.144. The molecule has 1 aromatic heterocycles. The van der Waals surface area contributed by atoms with Crippen molar-refractivity contribution in [3.63, 3.8) is 0 Å². The monoisotopic (exact) mass is 195 g/mol. The van der Waals surface area contributed by atoms with E-state index in [4.69, 9.17) is 0 Å². The summed E-state index contributed by atoms with van der Waals surface area (Å²) in [6.45, 7) is 2.09. The van der Waals surface area contributed by atoms with Gasteiger partial charge in [-0.3, -0.25) is 5.10 Å². The zero-order valence-electron chi connectivity index (χ0n) is 8.40. The maximum atomic E-state index is 9.65. The highest BCUT2D eigenvalue weighted by atomic mass is 16.3. The molecule has 0 aliphatic heterocycles. The first-order valence-electron chi connectivity index (χ1n) is 5.20. The molecule has 0 radical (unpaired) electrons. The first-order chi connectivity index (χ1) is 6.77. The minimum absolute atomic E-state index is 0.177. The predicted molar refractivity (Wildman–Crippen MR) is 53.8 cm³/mol. The van der Waals surface area contributed by atoms with E-state index in [2.05, 4.69) is 22.4 Å². The summed E-state index contributed by atoms with van der Waals surface area (Å²) in [6, 6.07) is 0.506. The molecule has 0 spiro atoms. The molecule has 1 fully saturated rings. The smallest absolute Gasteiger partial charge is 0.0693 e. The Kier molecular flexibility index (Phi) is 2.84. The maximum absolute atomic E-state index is 9.65. The lowest BCUT2D eigenvalue weighted by Gasteiger charge is -2.21. The highest BCUT2D eigenvalue weighted by Crippen LogP contribution is 2.22. The summed E-state index contributed by atoms with van der Waals surface area (Å²) >= 11 is 0. The Morgan fingerprint density at radius 2 is 2.50 bits per heavy atom. The van der Waals surface area contributed by atoms with Crippen LogP contribution < -0.4 is 5.32 Å². The topological polar surface area (TPSA) is 60.9 Å². The summed E-state index contributed by atoms with van der Waals surface area (Å²) in [7, 11) is 0. The Labute approximate surface area is 83.7 Å². The summed E-state index contributed by atoms with van der Waals surface area (Å²) in [4.78, 5) is 0. The van der Waals surface area contributed by atoms with Crippen molar-refractivity contribution < 1.29 is 5.11 Å². The van der Waals surface area contributed by atoms with E-state index in [0.717, 1.165) is 24.8 Å². The number of H-pyrrole nitrogens is 1. The second-order valence-electron chi connectivity index (χ2n) is 4.02. The first kappa shape index (κ1) is 9.68. The van der Waals surface area contributed by atoms with Crippen LogP contribution in [0.3, 0.4) is 0 Å². The molecule has 2 rings (SSSR count). The van der Waals surface area contributed by atoms with Crippen LogP contribution in [0.2, 0.25) is 0 Å². The van der Waals surface area contributed by atoms with Crippen molar-refractivity contribution in [2.45, 2.75) is 44.4 Å². The van der Waals surface area contributed by atoms with Crippen LogP contribution >= 0.6 is 0 Å². The number of aliphatic hydroxyl groups is 1. The minimum atomic E-state index is -0.177. The van der Waals surface area contributed by atoms with Crippen molar-refractivity contribution in [3.8, 4) is 0 Å². The second-order valence-corrected chi connectivity index (χ2v) is 4.02. The standard InChI is InChI=1S/C10H17N3O/c1-7(8-5-11-12-6-8)13-9-3-2-4-10(9)14/h5-7,9-10,13-14H,2-4H2,1H3,(H,11,12). The third-order valence-electron chi connectivity index (χ3n) is 2.96. The van der Waals surface area contributed by atoms with E-state index in [1.54, 1.807) is 0 Å². The van der Waals surface area contributed by atoms with Gasteiger partial charge in [-0.1, -0.05) is 0 Å². The number of hydrogen-bond donors (Lipinski definition) is 3. The summed E-state index contributed by atoms with van der Waals surface area (Å²) < 4.78 is 0. The molecule has 78 valence electrons. The molecule has 3 atom stereocenters. The van der Waals surface area contributed by atoms with E-state index in [1.807, 2.05) is 12.4 Å². The van der Waals surface area contributed by atoms with Crippen molar-refractivity contribution in [3.05, 3.63) is 18.0 Å². The second kappa shape index (κ2) is 4.11. The molecule has 0 bridgehead atoms. The van der Waals surface area contributed by atoms with Crippen LogP contribution in [-0.4, -0.2) is 27.4 Å². The van der Waals surface area contributed by atoms with Gasteiger partial charge in [-0.15, -0.1) is 0 Å². The number of rotatable bonds is 3. The van der Waals surface area contributed by atoms with E-state index >= 15 is 0 Å². The Balaban J connectivity index is 1.91. The van der Waals surface area contributed by atoms with Crippen LogP contribution in [0.4, 0.5) is 0 Å². The molecule has 14 heavy (non-hydrogen) atoms. The van der Waals surface area contributed by atoms with Gasteiger partial charge in [0.15, 0.2) is 0 Å². The number of nitrogens with zero attached hydrogens (tertiary/aromatic N) is 1. The number of aliphatic hydroxyl groups excluding tert-OH is 1. The van der Waals surface area contributed by atoms with Crippen molar-refractivity contribution in [2.75, 3.05) is 0 Å². The Morgan fingerprint density at radius 3 is 3.07 bits per heavy atom. The third-order valence-corrected chi connectivity index (χ3v) is 2.96. The van der Waals surface area contributed by atoms with E-state index in [0.29, 0.717) is 0 Å². The molecule has 1 aromatic rings. The summed E-state index contributed by atoms with van der Waals surface area (Å²) in [5.74, 6) is 0. The van der Waals surface area contributed by atoms with Gasteiger partial charge in [0.1, 0.15) is 0 Å². The van der Waals surface area contributed by atoms with E-state index in [9.17, 15) is 5.11 Å². The molecule has 0 saturated heterocycles. The Morgan fingerprint density at radius 1 is 1.64 bits per heavy atom. The quantitative estimate of drug-likeness (QED) is 0.673. The van der Waals surface area contributed by atoms with Gasteiger partial charge < -0.3 is 10.4 Å². The summed E-state index contributed by atoms with van der Waals surface area (Å²) in [6.07, 6.45) is 6.65. The average molecular weight is 195 g/mol. The fourth-order valence-corrected chi connectivity index (χ4v) is 2.05. The number of hydrogen-bond acceptors (Lipinski definition) is 3. The van der Waals surface area contributed by atoms with Crippen LogP contribution in [0.25, 0.3) is 0 Å². The highest BCUT2D eigenvalue weighted by molar-refractivity contribution is 5.08. The van der Waals surface area contributed by atoms with Crippen molar-refractivity contribution >= 4 is 0 Å². The molecule has 3 unspecified atom stereocenters. The molecular weight excluding hydrogens is 178 g/mol. The van der Waals surface area contributed by atoms with E-state index in [1.165, 1.54) is 0 Å². The lowest BCUT2D eigenvalue weighted by atomic mass is 10.1. The number of nitrogens with one attached hydrogen (secondary N) is 2. The fraction of sp³-hybridized carbons (Fsp3) is 0.700. The van der Waals surface area contributed by atoms with Gasteiger partial charge in [-0.05, 0) is 26.2 Å². The maximum Gasteiger partial charge on any atom is 0.0693 e. The number of aromatic nitrogens is 2. The van der Waals surface area contributed by atoms with Gasteiger partial charge in [-0.2, -0.15) is 5.10 Å². The van der Waals surface area contributed by atoms with Gasteiger partial charge in [0.25, 0.3) is 0 Å². The average Bonchev–Trinajstić information content (AvgIpc) is 2.77. The SMILES string of the molecule is CC(NC1CCCC1O)c1cn[nH]c1. The van der Waals surface area contributed by atoms with Crippen LogP contribution in [0, 0.1) is 0 Å². The van der Waals surface area contributed by atoms with Crippen molar-refractivity contribution in [1.29, 1.82) is 0 Å². The van der Waals surface area contributed by atoms with Crippen LogP contribution in [-0.2, 0) is 0 Å². The van der Waals surface area contributed by atoms with Crippen molar-refractivity contribution in [2.24, 2.45) is 0 Å². The molecule has 3 N–H and O–H groups in total. The van der Waals surface area contributed by atoms with E-state index < -0.39 is 0 Å². The lowest BCUT2D eigenvalue weighted by Crippen LogP contribution is -2.37. The molecule has 1 saturated carbocycles. The largest absolute Gasteiger partial charge is 0.392 e. The zero-order valence-corrected chi connectivity index (χ0v) is 8.40. The van der Waals surface area contributed by atoms with E-state index in [-0.39, 0.29) is 18.2 Å². The molecule has 0 amide bonds. The normalized spacial score (nSPS) is 29.3. The molecule has 0 aromatic carbocycles. The highest BCUT2D eigenvalue weighted by Gasteiger charge is 2.26. The zero-order chi connectivity index (χ0) is 9.97. The minimum Gasteiger partial charge on any atom is -0.392 e. The first-order valence-corrected chi connectivity index (χ1v) is 5.20. The molecule has 1 aliphatic carbocycles. The fourth-order valence-electron chi connectivity index (χ4n) is 2.05. The molecule has 1 aliphatic rings. The van der Waals surface area contributed by atoms with Gasteiger partial charge in [0, 0.05) is 23.8 Å². The van der Waals surface area contributed by atoms with Gasteiger partial charge in [-0.25, -0.2) is 0 Å². The van der Waals surface area contributed by atoms with Gasteiger partial charge >= 0.3 is 0 Å². The molecule has 4 nitrogen and oxygen atoms in total. The van der Waals surface area contributed by atoms with Crippen LogP contribution in [0.5, 0.6) is 0 Å².